The molecule has 2 rings (SSSR count). The predicted octanol–water partition coefficient (Wildman–Crippen LogP) is 6.35. The third kappa shape index (κ3) is 5.59. The van der Waals surface area contributed by atoms with Crippen LogP contribution < -0.4 is 10.1 Å². The number of carbonyl (C=O) groups is 1. The van der Waals surface area contributed by atoms with Gasteiger partial charge in [-0.1, -0.05) is 58.0 Å². The molecule has 0 heterocycles. The van der Waals surface area contributed by atoms with E-state index in [9.17, 15) is 4.79 Å². The third-order valence-electron chi connectivity index (χ3n) is 5.00. The number of carbonyl (C=O) groups excluding carboxylic acids is 1. The van der Waals surface area contributed by atoms with Gasteiger partial charge >= 0.3 is 0 Å². The van der Waals surface area contributed by atoms with Crippen LogP contribution in [0.25, 0.3) is 0 Å². The molecule has 0 spiro atoms. The first kappa shape index (κ1) is 21.0. The van der Waals surface area contributed by atoms with Crippen LogP contribution in [0, 0.1) is 13.8 Å². The first-order valence-corrected chi connectivity index (χ1v) is 9.93. The summed E-state index contributed by atoms with van der Waals surface area (Å²) in [5.74, 6) is 1.69. The zero-order valence-electron chi connectivity index (χ0n) is 17.6. The molecule has 0 saturated carbocycles. The van der Waals surface area contributed by atoms with Crippen LogP contribution in [0.3, 0.4) is 0 Å². The molecule has 0 atom stereocenters. The quantitative estimate of drug-likeness (QED) is 0.552. The van der Waals surface area contributed by atoms with Crippen LogP contribution in [-0.4, -0.2) is 12.5 Å². The van der Waals surface area contributed by atoms with E-state index in [4.69, 9.17) is 4.74 Å². The molecular weight excluding hydrogens is 334 g/mol. The second-order valence-corrected chi connectivity index (χ2v) is 7.82. The van der Waals surface area contributed by atoms with Crippen LogP contribution in [0.15, 0.2) is 36.4 Å². The number of ether oxygens (including phenoxy) is 1. The molecule has 2 aromatic carbocycles. The van der Waals surface area contributed by atoms with Gasteiger partial charge in [0.2, 0.25) is 5.91 Å². The van der Waals surface area contributed by atoms with Crippen molar-refractivity contribution in [1.29, 1.82) is 0 Å². The van der Waals surface area contributed by atoms with Gasteiger partial charge in [0, 0.05) is 12.1 Å². The maximum atomic E-state index is 12.5. The number of amides is 1. The van der Waals surface area contributed by atoms with Crippen LogP contribution in [0.5, 0.6) is 5.75 Å². The average molecular weight is 368 g/mol. The van der Waals surface area contributed by atoms with E-state index in [1.807, 2.05) is 12.1 Å². The summed E-state index contributed by atoms with van der Waals surface area (Å²) in [7, 11) is 0. The average Bonchev–Trinajstić information content (AvgIpc) is 2.61. The summed E-state index contributed by atoms with van der Waals surface area (Å²) in [5, 5.41) is 3.17. The summed E-state index contributed by atoms with van der Waals surface area (Å²) in [6, 6.07) is 12.4. The molecule has 1 amide bonds. The lowest BCUT2D eigenvalue weighted by molar-refractivity contribution is -0.116. The zero-order chi connectivity index (χ0) is 20.0. The molecule has 0 unspecified atom stereocenters. The summed E-state index contributed by atoms with van der Waals surface area (Å²) < 4.78 is 5.86. The van der Waals surface area contributed by atoms with Crippen LogP contribution in [0.2, 0.25) is 0 Å². The lowest BCUT2D eigenvalue weighted by Gasteiger charge is -2.20. The van der Waals surface area contributed by atoms with Gasteiger partial charge in [-0.15, -0.1) is 0 Å². The Balaban J connectivity index is 1.95. The zero-order valence-corrected chi connectivity index (χ0v) is 17.6. The highest BCUT2D eigenvalue weighted by Crippen LogP contribution is 2.32. The number of hydrogen-bond donors (Lipinski definition) is 1. The van der Waals surface area contributed by atoms with Crippen molar-refractivity contribution in [3.8, 4) is 5.75 Å². The summed E-state index contributed by atoms with van der Waals surface area (Å²) >= 11 is 0. The molecule has 0 aliphatic heterocycles. The Morgan fingerprint density at radius 3 is 2.15 bits per heavy atom. The first-order valence-electron chi connectivity index (χ1n) is 9.93. The number of hydrogen-bond acceptors (Lipinski definition) is 2. The molecule has 0 aromatic heterocycles. The standard InChI is InChI=1S/C24H33NO2/c1-16(2)20-11-8-12-21(17(3)4)24(20)25-23(26)14-9-15-27-22-13-7-10-18(5)19(22)6/h7-8,10-13,16-17H,9,14-15H2,1-6H3,(H,25,26). The van der Waals surface area contributed by atoms with Crippen LogP contribution in [0.4, 0.5) is 5.69 Å². The van der Waals surface area contributed by atoms with Gasteiger partial charge in [-0.05, 0) is 60.4 Å². The SMILES string of the molecule is Cc1cccc(OCCCC(=O)Nc2c(C(C)C)cccc2C(C)C)c1C. The molecule has 0 aliphatic carbocycles. The van der Waals surface area contributed by atoms with E-state index < -0.39 is 0 Å². The third-order valence-corrected chi connectivity index (χ3v) is 5.00. The molecule has 146 valence electrons. The van der Waals surface area contributed by atoms with Gasteiger partial charge in [-0.25, -0.2) is 0 Å². The van der Waals surface area contributed by atoms with Crippen LogP contribution in [-0.2, 0) is 4.79 Å². The highest BCUT2D eigenvalue weighted by Gasteiger charge is 2.15. The number of benzene rings is 2. The lowest BCUT2D eigenvalue weighted by atomic mass is 9.92. The van der Waals surface area contributed by atoms with Crippen molar-refractivity contribution in [3.63, 3.8) is 0 Å². The molecule has 0 radical (unpaired) electrons. The van der Waals surface area contributed by atoms with Crippen molar-refractivity contribution in [2.75, 3.05) is 11.9 Å². The van der Waals surface area contributed by atoms with E-state index in [-0.39, 0.29) is 5.91 Å². The fraction of sp³-hybridized carbons (Fsp3) is 0.458. The topological polar surface area (TPSA) is 38.3 Å². The minimum Gasteiger partial charge on any atom is -0.493 e. The van der Waals surface area contributed by atoms with E-state index >= 15 is 0 Å². The van der Waals surface area contributed by atoms with Crippen molar-refractivity contribution in [2.45, 2.75) is 66.2 Å². The normalized spacial score (nSPS) is 11.1. The number of nitrogens with one attached hydrogen (secondary N) is 1. The number of anilines is 1. The Kier molecular flexibility index (Phi) is 7.46. The van der Waals surface area contributed by atoms with Gasteiger partial charge in [-0.2, -0.15) is 0 Å². The minimum atomic E-state index is 0.0505. The summed E-state index contributed by atoms with van der Waals surface area (Å²) in [6.07, 6.45) is 1.15. The summed E-state index contributed by atoms with van der Waals surface area (Å²) in [5.41, 5.74) is 5.76. The molecule has 2 aromatic rings. The molecule has 0 aliphatic rings. The fourth-order valence-electron chi connectivity index (χ4n) is 3.19. The maximum absolute atomic E-state index is 12.5. The highest BCUT2D eigenvalue weighted by atomic mass is 16.5. The molecule has 27 heavy (non-hydrogen) atoms. The van der Waals surface area contributed by atoms with Crippen molar-refractivity contribution < 1.29 is 9.53 Å². The summed E-state index contributed by atoms with van der Waals surface area (Å²) in [6.45, 7) is 13.3. The lowest BCUT2D eigenvalue weighted by Crippen LogP contribution is -2.16. The molecule has 3 heteroatoms. The van der Waals surface area contributed by atoms with Gasteiger partial charge in [0.25, 0.3) is 0 Å². The molecule has 3 nitrogen and oxygen atoms in total. The van der Waals surface area contributed by atoms with E-state index in [2.05, 4.69) is 71.1 Å². The van der Waals surface area contributed by atoms with E-state index in [1.54, 1.807) is 0 Å². The molecular formula is C24H33NO2. The van der Waals surface area contributed by atoms with Crippen molar-refractivity contribution in [3.05, 3.63) is 58.7 Å². The number of aryl methyl sites for hydroxylation is 1. The van der Waals surface area contributed by atoms with Crippen molar-refractivity contribution in [2.24, 2.45) is 0 Å². The maximum Gasteiger partial charge on any atom is 0.224 e. The first-order chi connectivity index (χ1) is 12.8. The smallest absolute Gasteiger partial charge is 0.224 e. The number of para-hydroxylation sites is 1. The van der Waals surface area contributed by atoms with Gasteiger partial charge in [0.15, 0.2) is 0 Å². The van der Waals surface area contributed by atoms with Gasteiger partial charge in [0.1, 0.15) is 5.75 Å². The van der Waals surface area contributed by atoms with Crippen molar-refractivity contribution in [1.82, 2.24) is 0 Å². The molecule has 0 fully saturated rings. The second-order valence-electron chi connectivity index (χ2n) is 7.82. The fourth-order valence-corrected chi connectivity index (χ4v) is 3.19. The molecule has 0 saturated heterocycles. The number of rotatable bonds is 8. The van der Waals surface area contributed by atoms with Gasteiger partial charge in [-0.3, -0.25) is 4.79 Å². The highest BCUT2D eigenvalue weighted by molar-refractivity contribution is 5.92. The Morgan fingerprint density at radius 1 is 0.963 bits per heavy atom. The van der Waals surface area contributed by atoms with E-state index in [0.717, 1.165) is 17.0 Å². The van der Waals surface area contributed by atoms with E-state index in [1.165, 1.54) is 16.7 Å². The monoisotopic (exact) mass is 367 g/mol. The summed E-state index contributed by atoms with van der Waals surface area (Å²) in [4.78, 5) is 12.5. The van der Waals surface area contributed by atoms with Crippen molar-refractivity contribution >= 4 is 11.6 Å². The van der Waals surface area contributed by atoms with Crippen LogP contribution in [0.1, 0.15) is 74.6 Å². The Bertz CT molecular complexity index is 752. The van der Waals surface area contributed by atoms with Crippen LogP contribution >= 0.6 is 0 Å². The van der Waals surface area contributed by atoms with E-state index in [0.29, 0.717) is 31.3 Å². The molecule has 1 N–H and O–H groups in total. The predicted molar refractivity (Wildman–Crippen MR) is 114 cm³/mol. The van der Waals surface area contributed by atoms with Gasteiger partial charge in [0.05, 0.1) is 6.61 Å². The largest absolute Gasteiger partial charge is 0.493 e. The van der Waals surface area contributed by atoms with Gasteiger partial charge < -0.3 is 10.1 Å². The Labute approximate surface area is 164 Å². The molecule has 0 bridgehead atoms. The minimum absolute atomic E-state index is 0.0505. The second kappa shape index (κ2) is 9.59. The Morgan fingerprint density at radius 2 is 1.56 bits per heavy atom. The Hall–Kier alpha value is -2.29.